The number of carbonyl (C=O) groups excluding carboxylic acids is 2. The number of carbonyl (C=O) groups is 2. The second kappa shape index (κ2) is 12.2. The second-order valence-corrected chi connectivity index (χ2v) is 11.6. The Morgan fingerprint density at radius 3 is 2.72 bits per heavy atom. The summed E-state index contributed by atoms with van der Waals surface area (Å²) in [6.45, 7) is 3.92. The zero-order valence-electron chi connectivity index (χ0n) is 20.7. The van der Waals surface area contributed by atoms with Crippen molar-refractivity contribution >= 4 is 45.6 Å². The Kier molecular flexibility index (Phi) is 8.84. The molecule has 2 N–H and O–H groups in total. The van der Waals surface area contributed by atoms with Crippen LogP contribution < -0.4 is 10.6 Å². The number of amides is 2. The third-order valence-electron chi connectivity index (χ3n) is 6.44. The van der Waals surface area contributed by atoms with Gasteiger partial charge >= 0.3 is 0 Å². The second-order valence-electron chi connectivity index (χ2n) is 9.10. The van der Waals surface area contributed by atoms with Crippen LogP contribution in [0, 0.1) is 11.3 Å². The van der Waals surface area contributed by atoms with E-state index < -0.39 is 0 Å². The molecule has 2 atom stereocenters. The van der Waals surface area contributed by atoms with Crippen LogP contribution >= 0.6 is 23.1 Å². The van der Waals surface area contributed by atoms with E-state index in [4.69, 9.17) is 0 Å². The van der Waals surface area contributed by atoms with Crippen LogP contribution in [0.1, 0.15) is 67.0 Å². The predicted molar refractivity (Wildman–Crippen MR) is 149 cm³/mol. The minimum absolute atomic E-state index is 0.00462. The lowest BCUT2D eigenvalue weighted by Gasteiger charge is -2.22. The molecule has 0 aliphatic heterocycles. The zero-order valence-corrected chi connectivity index (χ0v) is 22.3. The van der Waals surface area contributed by atoms with Crippen LogP contribution in [0.3, 0.4) is 0 Å². The number of nitriles is 1. The first-order chi connectivity index (χ1) is 17.5. The van der Waals surface area contributed by atoms with Crippen LogP contribution in [0.2, 0.25) is 0 Å². The van der Waals surface area contributed by atoms with Crippen molar-refractivity contribution in [3.05, 3.63) is 76.2 Å². The predicted octanol–water partition coefficient (Wildman–Crippen LogP) is 7.14. The molecule has 1 aliphatic rings. The molecule has 1 aromatic heterocycles. The highest BCUT2D eigenvalue weighted by molar-refractivity contribution is 8.00. The molecule has 2 amide bonds. The van der Waals surface area contributed by atoms with E-state index in [0.717, 1.165) is 48.3 Å². The smallest absolute Gasteiger partial charge is 0.238 e. The molecule has 4 rings (SSSR count). The number of fused-ring (bicyclic) bond motifs is 1. The van der Waals surface area contributed by atoms with Crippen LogP contribution in [0.5, 0.6) is 0 Å². The molecule has 3 aromatic rings. The van der Waals surface area contributed by atoms with Gasteiger partial charge in [-0.25, -0.2) is 0 Å². The highest BCUT2D eigenvalue weighted by atomic mass is 32.2. The average Bonchev–Trinajstić information content (AvgIpc) is 3.24. The summed E-state index contributed by atoms with van der Waals surface area (Å²) in [4.78, 5) is 27.2. The largest absolute Gasteiger partial charge is 0.326 e. The number of thioether (sulfide) groups is 1. The van der Waals surface area contributed by atoms with Gasteiger partial charge in [0.1, 0.15) is 11.1 Å². The van der Waals surface area contributed by atoms with Gasteiger partial charge in [0, 0.05) is 21.9 Å². The van der Waals surface area contributed by atoms with Gasteiger partial charge in [-0.1, -0.05) is 49.7 Å². The Hall–Kier alpha value is -3.08. The molecule has 7 heteroatoms. The molecular weight excluding hydrogens is 486 g/mol. The van der Waals surface area contributed by atoms with Gasteiger partial charge in [0.25, 0.3) is 0 Å². The number of unbranched alkanes of at least 4 members (excludes halogenated alkanes) is 1. The van der Waals surface area contributed by atoms with E-state index in [0.29, 0.717) is 22.9 Å². The number of hydrogen-bond donors (Lipinski definition) is 2. The first-order valence-electron chi connectivity index (χ1n) is 12.5. The van der Waals surface area contributed by atoms with Gasteiger partial charge in [-0.2, -0.15) is 5.26 Å². The fraction of sp³-hybridized carbons (Fsp3) is 0.345. The lowest BCUT2D eigenvalue weighted by molar-refractivity contribution is -0.116. The lowest BCUT2D eigenvalue weighted by atomic mass is 9.83. The molecule has 0 radical (unpaired) electrons. The fourth-order valence-corrected chi connectivity index (χ4v) is 6.69. The first-order valence-corrected chi connectivity index (χ1v) is 14.1. The Morgan fingerprint density at radius 2 is 1.97 bits per heavy atom. The van der Waals surface area contributed by atoms with Gasteiger partial charge in [0.15, 0.2) is 0 Å². The van der Waals surface area contributed by atoms with Crippen LogP contribution in [-0.4, -0.2) is 17.1 Å². The maximum absolute atomic E-state index is 13.1. The van der Waals surface area contributed by atoms with Gasteiger partial charge in [-0.15, -0.1) is 23.1 Å². The molecule has 0 fully saturated rings. The van der Waals surface area contributed by atoms with Crippen LogP contribution in [-0.2, 0) is 22.4 Å². The zero-order chi connectivity index (χ0) is 25.5. The standard InChI is InChI=1S/C29H31N3O2S2/c1-3-4-13-27(33)31-22-11-8-12-23(17-22)35-19(2)28(34)32-29-25(18-30)24-15-14-21(16-26(24)36-29)20-9-6-5-7-10-20/h5-12,17,19,21H,3-4,13-16H2,1-2H3,(H,31,33)(H,32,34). The molecule has 2 aromatic carbocycles. The molecule has 36 heavy (non-hydrogen) atoms. The maximum atomic E-state index is 13.1. The Labute approximate surface area is 221 Å². The van der Waals surface area contributed by atoms with Gasteiger partial charge in [-0.3, -0.25) is 9.59 Å². The van der Waals surface area contributed by atoms with Crippen LogP contribution in [0.4, 0.5) is 10.7 Å². The molecule has 0 bridgehead atoms. The Bertz CT molecular complexity index is 1260. The quantitative estimate of drug-likeness (QED) is 0.296. The van der Waals surface area contributed by atoms with Crippen molar-refractivity contribution in [2.45, 2.75) is 68.4 Å². The summed E-state index contributed by atoms with van der Waals surface area (Å²) >= 11 is 2.98. The Morgan fingerprint density at radius 1 is 1.17 bits per heavy atom. The van der Waals surface area contributed by atoms with Crippen molar-refractivity contribution in [3.63, 3.8) is 0 Å². The number of rotatable bonds is 9. The van der Waals surface area contributed by atoms with Crippen molar-refractivity contribution in [2.75, 3.05) is 10.6 Å². The summed E-state index contributed by atoms with van der Waals surface area (Å²) in [5.74, 6) is 0.314. The van der Waals surface area contributed by atoms with Gasteiger partial charge in [-0.05, 0) is 67.9 Å². The van der Waals surface area contributed by atoms with E-state index in [1.807, 2.05) is 37.3 Å². The highest BCUT2D eigenvalue weighted by Crippen LogP contribution is 2.42. The molecule has 186 valence electrons. The van der Waals surface area contributed by atoms with Crippen molar-refractivity contribution < 1.29 is 9.59 Å². The monoisotopic (exact) mass is 517 g/mol. The molecule has 1 aliphatic carbocycles. The lowest BCUT2D eigenvalue weighted by Crippen LogP contribution is -2.22. The van der Waals surface area contributed by atoms with Gasteiger partial charge in [0.2, 0.25) is 11.8 Å². The van der Waals surface area contributed by atoms with E-state index in [-0.39, 0.29) is 17.1 Å². The van der Waals surface area contributed by atoms with E-state index in [9.17, 15) is 14.9 Å². The van der Waals surface area contributed by atoms with E-state index >= 15 is 0 Å². The molecule has 0 spiro atoms. The van der Waals surface area contributed by atoms with Gasteiger partial charge in [0.05, 0.1) is 10.8 Å². The van der Waals surface area contributed by atoms with Crippen molar-refractivity contribution in [3.8, 4) is 6.07 Å². The van der Waals surface area contributed by atoms with E-state index in [1.165, 1.54) is 22.2 Å². The first kappa shape index (κ1) is 26.0. The number of nitrogens with one attached hydrogen (secondary N) is 2. The molecule has 0 saturated carbocycles. The number of thiophene rings is 1. The van der Waals surface area contributed by atoms with Crippen LogP contribution in [0.25, 0.3) is 0 Å². The van der Waals surface area contributed by atoms with Crippen molar-refractivity contribution in [1.29, 1.82) is 5.26 Å². The minimum atomic E-state index is -0.362. The highest BCUT2D eigenvalue weighted by Gasteiger charge is 2.28. The third kappa shape index (κ3) is 6.37. The molecule has 5 nitrogen and oxygen atoms in total. The molecular formula is C29H31N3O2S2. The van der Waals surface area contributed by atoms with Crippen molar-refractivity contribution in [1.82, 2.24) is 0 Å². The Balaban J connectivity index is 1.40. The maximum Gasteiger partial charge on any atom is 0.238 e. The van der Waals surface area contributed by atoms with Crippen LogP contribution in [0.15, 0.2) is 59.5 Å². The minimum Gasteiger partial charge on any atom is -0.326 e. The fourth-order valence-electron chi connectivity index (χ4n) is 4.48. The molecule has 1 heterocycles. The van der Waals surface area contributed by atoms with E-state index in [2.05, 4.69) is 47.9 Å². The number of nitrogens with zero attached hydrogens (tertiary/aromatic N) is 1. The summed E-state index contributed by atoms with van der Waals surface area (Å²) < 4.78 is 0. The average molecular weight is 518 g/mol. The SMILES string of the molecule is CCCCC(=O)Nc1cccc(SC(C)C(=O)Nc2sc3c(c2C#N)CCC(c2ccccc2)C3)c1. The number of hydrogen-bond acceptors (Lipinski definition) is 5. The summed E-state index contributed by atoms with van der Waals surface area (Å²) in [6.07, 6.45) is 5.10. The summed E-state index contributed by atoms with van der Waals surface area (Å²) in [5.41, 5.74) is 3.77. The molecule has 0 saturated heterocycles. The normalized spacial score (nSPS) is 15.4. The van der Waals surface area contributed by atoms with Crippen molar-refractivity contribution in [2.24, 2.45) is 0 Å². The summed E-state index contributed by atoms with van der Waals surface area (Å²) in [7, 11) is 0. The van der Waals surface area contributed by atoms with Gasteiger partial charge < -0.3 is 10.6 Å². The summed E-state index contributed by atoms with van der Waals surface area (Å²) in [6, 6.07) is 20.4. The van der Waals surface area contributed by atoms with E-state index in [1.54, 1.807) is 11.3 Å². The third-order valence-corrected chi connectivity index (χ3v) is 8.71. The number of anilines is 2. The topological polar surface area (TPSA) is 82.0 Å². The molecule has 2 unspecified atom stereocenters. The summed E-state index contributed by atoms with van der Waals surface area (Å²) in [5, 5.41) is 16.1. The number of benzene rings is 2.